The van der Waals surface area contributed by atoms with Crippen molar-refractivity contribution in [3.05, 3.63) is 23.8 Å². The van der Waals surface area contributed by atoms with Crippen LogP contribution < -0.4 is 10.6 Å². The molecule has 0 aliphatic rings. The fraction of sp³-hybridized carbons (Fsp3) is 0.455. The fourth-order valence-corrected chi connectivity index (χ4v) is 1.52. The quantitative estimate of drug-likeness (QED) is 0.767. The van der Waals surface area contributed by atoms with E-state index in [0.717, 1.165) is 24.3 Å². The van der Waals surface area contributed by atoms with E-state index < -0.39 is 0 Å². The summed E-state index contributed by atoms with van der Waals surface area (Å²) in [6.45, 7) is 6.52. The molecule has 0 aromatic heterocycles. The van der Waals surface area contributed by atoms with Crippen LogP contribution in [-0.4, -0.2) is 18.2 Å². The summed E-state index contributed by atoms with van der Waals surface area (Å²) in [5.41, 5.74) is 7.44. The largest absolute Gasteiger partial charge is 0.508 e. The first-order valence-electron chi connectivity index (χ1n) is 4.99. The van der Waals surface area contributed by atoms with Crippen LogP contribution in [0, 0.1) is 0 Å². The van der Waals surface area contributed by atoms with Gasteiger partial charge in [-0.15, -0.1) is 0 Å². The average Bonchev–Trinajstić information content (AvgIpc) is 2.22. The number of phenols is 1. The van der Waals surface area contributed by atoms with Crippen molar-refractivity contribution in [3.63, 3.8) is 0 Å². The number of benzene rings is 1. The molecule has 0 heterocycles. The van der Waals surface area contributed by atoms with Gasteiger partial charge in [-0.3, -0.25) is 0 Å². The highest BCUT2D eigenvalue weighted by Gasteiger charge is 2.05. The topological polar surface area (TPSA) is 49.5 Å². The van der Waals surface area contributed by atoms with E-state index in [4.69, 9.17) is 5.73 Å². The highest BCUT2D eigenvalue weighted by atomic mass is 16.3. The number of phenolic OH excluding ortho intramolecular Hbond substituents is 1. The molecule has 78 valence electrons. The molecule has 0 aliphatic heterocycles. The predicted molar refractivity (Wildman–Crippen MR) is 59.6 cm³/mol. The first kappa shape index (κ1) is 10.9. The number of aromatic hydroxyl groups is 1. The summed E-state index contributed by atoms with van der Waals surface area (Å²) in [5, 5.41) is 9.46. The molecule has 0 amide bonds. The van der Waals surface area contributed by atoms with E-state index in [9.17, 15) is 5.11 Å². The molecule has 0 spiro atoms. The van der Waals surface area contributed by atoms with Gasteiger partial charge in [0.25, 0.3) is 0 Å². The Kier molecular flexibility index (Phi) is 3.77. The molecule has 1 aromatic carbocycles. The summed E-state index contributed by atoms with van der Waals surface area (Å²) in [6, 6.07) is 5.57. The summed E-state index contributed by atoms with van der Waals surface area (Å²) in [7, 11) is 0. The lowest BCUT2D eigenvalue weighted by Gasteiger charge is -2.21. The van der Waals surface area contributed by atoms with Gasteiger partial charge in [-0.1, -0.05) is 0 Å². The Morgan fingerprint density at radius 2 is 1.93 bits per heavy atom. The van der Waals surface area contributed by atoms with E-state index in [-0.39, 0.29) is 5.75 Å². The maximum atomic E-state index is 9.46. The lowest BCUT2D eigenvalue weighted by molar-refractivity contribution is 0.468. The van der Waals surface area contributed by atoms with Crippen LogP contribution in [0.1, 0.15) is 19.4 Å². The van der Waals surface area contributed by atoms with Crippen molar-refractivity contribution in [3.8, 4) is 5.75 Å². The number of anilines is 1. The van der Waals surface area contributed by atoms with Crippen molar-refractivity contribution in [2.45, 2.75) is 20.4 Å². The zero-order valence-electron chi connectivity index (χ0n) is 8.83. The minimum absolute atomic E-state index is 0.281. The van der Waals surface area contributed by atoms with Gasteiger partial charge in [0.05, 0.1) is 0 Å². The Labute approximate surface area is 85.2 Å². The van der Waals surface area contributed by atoms with Crippen LogP contribution in [0.3, 0.4) is 0 Å². The van der Waals surface area contributed by atoms with Crippen molar-refractivity contribution < 1.29 is 5.11 Å². The summed E-state index contributed by atoms with van der Waals surface area (Å²) in [6.07, 6.45) is 0. The van der Waals surface area contributed by atoms with Gasteiger partial charge in [0.1, 0.15) is 5.75 Å². The van der Waals surface area contributed by atoms with Crippen molar-refractivity contribution in [1.29, 1.82) is 0 Å². The summed E-state index contributed by atoms with van der Waals surface area (Å²) in [4.78, 5) is 2.22. The molecule has 0 radical (unpaired) electrons. The highest BCUT2D eigenvalue weighted by Crippen LogP contribution is 2.23. The van der Waals surface area contributed by atoms with Crippen LogP contribution >= 0.6 is 0 Å². The highest BCUT2D eigenvalue weighted by molar-refractivity contribution is 5.52. The molecule has 0 bridgehead atoms. The standard InChI is InChI=1S/C11H18N2O/c1-3-13(4-2)10-5-6-11(14)9(7-10)8-12/h5-7,14H,3-4,8,12H2,1-2H3. The summed E-state index contributed by atoms with van der Waals surface area (Å²) < 4.78 is 0. The third-order valence-electron chi connectivity index (χ3n) is 2.41. The molecule has 0 saturated heterocycles. The summed E-state index contributed by atoms with van der Waals surface area (Å²) in [5.74, 6) is 0.281. The van der Waals surface area contributed by atoms with Crippen LogP contribution in [0.25, 0.3) is 0 Å². The Hall–Kier alpha value is -1.22. The molecule has 3 heteroatoms. The molecule has 14 heavy (non-hydrogen) atoms. The normalized spacial score (nSPS) is 10.2. The molecule has 0 aliphatic carbocycles. The van der Waals surface area contributed by atoms with Gasteiger partial charge in [-0.2, -0.15) is 0 Å². The minimum Gasteiger partial charge on any atom is -0.508 e. The molecule has 0 saturated carbocycles. The molecule has 0 unspecified atom stereocenters. The van der Waals surface area contributed by atoms with Crippen LogP contribution in [0.4, 0.5) is 5.69 Å². The van der Waals surface area contributed by atoms with E-state index in [1.807, 2.05) is 12.1 Å². The van der Waals surface area contributed by atoms with Gasteiger partial charge >= 0.3 is 0 Å². The number of hydrogen-bond acceptors (Lipinski definition) is 3. The number of hydrogen-bond donors (Lipinski definition) is 2. The molecule has 0 fully saturated rings. The zero-order valence-corrected chi connectivity index (χ0v) is 8.83. The third kappa shape index (κ3) is 2.17. The molecular weight excluding hydrogens is 176 g/mol. The van der Waals surface area contributed by atoms with E-state index in [0.29, 0.717) is 6.54 Å². The van der Waals surface area contributed by atoms with Crippen molar-refractivity contribution in [1.82, 2.24) is 0 Å². The maximum absolute atomic E-state index is 9.46. The van der Waals surface area contributed by atoms with Crippen LogP contribution in [0.15, 0.2) is 18.2 Å². The van der Waals surface area contributed by atoms with E-state index >= 15 is 0 Å². The molecule has 1 rings (SSSR count). The lowest BCUT2D eigenvalue weighted by atomic mass is 10.1. The number of nitrogens with two attached hydrogens (primary N) is 1. The molecule has 3 N–H and O–H groups in total. The zero-order chi connectivity index (χ0) is 10.6. The van der Waals surface area contributed by atoms with Crippen molar-refractivity contribution in [2.75, 3.05) is 18.0 Å². The minimum atomic E-state index is 0.281. The Morgan fingerprint density at radius 3 is 2.43 bits per heavy atom. The van der Waals surface area contributed by atoms with Gasteiger partial charge in [0.15, 0.2) is 0 Å². The second-order valence-corrected chi connectivity index (χ2v) is 3.19. The van der Waals surface area contributed by atoms with Crippen LogP contribution in [0.5, 0.6) is 5.75 Å². The average molecular weight is 194 g/mol. The van der Waals surface area contributed by atoms with E-state index in [2.05, 4.69) is 18.7 Å². The molecule has 1 aromatic rings. The molecular formula is C11H18N2O. The Morgan fingerprint density at radius 1 is 1.29 bits per heavy atom. The van der Waals surface area contributed by atoms with Gasteiger partial charge in [-0.25, -0.2) is 0 Å². The molecule has 3 nitrogen and oxygen atoms in total. The fourth-order valence-electron chi connectivity index (χ4n) is 1.52. The smallest absolute Gasteiger partial charge is 0.120 e. The third-order valence-corrected chi connectivity index (χ3v) is 2.41. The van der Waals surface area contributed by atoms with E-state index in [1.165, 1.54) is 0 Å². The van der Waals surface area contributed by atoms with Gasteiger partial charge in [-0.05, 0) is 32.0 Å². The van der Waals surface area contributed by atoms with Crippen molar-refractivity contribution in [2.24, 2.45) is 5.73 Å². The van der Waals surface area contributed by atoms with Crippen LogP contribution in [-0.2, 0) is 6.54 Å². The Balaban J connectivity index is 2.98. The van der Waals surface area contributed by atoms with Crippen LogP contribution in [0.2, 0.25) is 0 Å². The van der Waals surface area contributed by atoms with E-state index in [1.54, 1.807) is 6.07 Å². The van der Waals surface area contributed by atoms with Gasteiger partial charge < -0.3 is 15.7 Å². The van der Waals surface area contributed by atoms with Gasteiger partial charge in [0.2, 0.25) is 0 Å². The first-order valence-corrected chi connectivity index (χ1v) is 4.99. The molecule has 0 atom stereocenters. The second-order valence-electron chi connectivity index (χ2n) is 3.19. The number of nitrogens with zero attached hydrogens (tertiary/aromatic N) is 1. The SMILES string of the molecule is CCN(CC)c1ccc(O)c(CN)c1. The predicted octanol–water partition coefficient (Wildman–Crippen LogP) is 1.70. The summed E-state index contributed by atoms with van der Waals surface area (Å²) >= 11 is 0. The lowest BCUT2D eigenvalue weighted by Crippen LogP contribution is -2.21. The van der Waals surface area contributed by atoms with Crippen molar-refractivity contribution >= 4 is 5.69 Å². The number of rotatable bonds is 4. The van der Waals surface area contributed by atoms with Gasteiger partial charge in [0, 0.05) is 30.9 Å². The Bertz CT molecular complexity index is 295. The maximum Gasteiger partial charge on any atom is 0.120 e. The second kappa shape index (κ2) is 4.86. The monoisotopic (exact) mass is 194 g/mol. The first-order chi connectivity index (χ1) is 6.72.